The highest BCUT2D eigenvalue weighted by atomic mass is 15.3. The Morgan fingerprint density at radius 2 is 2.00 bits per heavy atom. The van der Waals surface area contributed by atoms with Gasteiger partial charge in [-0.05, 0) is 12.8 Å². The summed E-state index contributed by atoms with van der Waals surface area (Å²) in [7, 11) is 4.02. The Labute approximate surface area is 150 Å². The van der Waals surface area contributed by atoms with E-state index in [1.54, 1.807) is 6.33 Å². The van der Waals surface area contributed by atoms with E-state index in [-0.39, 0.29) is 0 Å². The summed E-state index contributed by atoms with van der Waals surface area (Å²) >= 11 is 0. The molecule has 0 atom stereocenters. The normalized spacial score (nSPS) is 16.0. The van der Waals surface area contributed by atoms with Crippen LogP contribution in [0.15, 0.2) is 24.8 Å². The van der Waals surface area contributed by atoms with Crippen LogP contribution in [0, 0.1) is 0 Å². The number of rotatable bonds is 6. The molecule has 0 aromatic carbocycles. The van der Waals surface area contributed by atoms with Crippen molar-refractivity contribution in [3.8, 4) is 0 Å². The second-order valence-electron chi connectivity index (χ2n) is 6.86. The highest BCUT2D eigenvalue weighted by molar-refractivity contribution is 5.49. The molecule has 2 aromatic heterocycles. The molecule has 0 saturated carbocycles. The van der Waals surface area contributed by atoms with Gasteiger partial charge in [-0.15, -0.1) is 0 Å². The van der Waals surface area contributed by atoms with Crippen LogP contribution < -0.4 is 9.80 Å². The van der Waals surface area contributed by atoms with E-state index in [2.05, 4.69) is 44.1 Å². The summed E-state index contributed by atoms with van der Waals surface area (Å²) in [6.07, 6.45) is 8.11. The van der Waals surface area contributed by atoms with Gasteiger partial charge in [-0.2, -0.15) is 5.10 Å². The maximum absolute atomic E-state index is 4.48. The molecule has 3 heterocycles. The Hall–Kier alpha value is -2.15. The first-order valence-corrected chi connectivity index (χ1v) is 9.13. The van der Waals surface area contributed by atoms with Crippen LogP contribution in [0.5, 0.6) is 0 Å². The van der Waals surface area contributed by atoms with Gasteiger partial charge in [0.15, 0.2) is 0 Å². The van der Waals surface area contributed by atoms with Gasteiger partial charge in [0.2, 0.25) is 0 Å². The third-order valence-electron chi connectivity index (χ3n) is 4.55. The lowest BCUT2D eigenvalue weighted by molar-refractivity contribution is 0.285. The molecule has 136 valence electrons. The zero-order chi connectivity index (χ0) is 17.6. The maximum Gasteiger partial charge on any atom is 0.134 e. The molecule has 0 unspecified atom stereocenters. The zero-order valence-electron chi connectivity index (χ0n) is 15.6. The average Bonchev–Trinajstić information content (AvgIpc) is 2.91. The molecule has 7 heteroatoms. The lowest BCUT2D eigenvalue weighted by Crippen LogP contribution is -2.31. The lowest BCUT2D eigenvalue weighted by Gasteiger charge is -2.23. The van der Waals surface area contributed by atoms with Gasteiger partial charge in [0.1, 0.15) is 18.0 Å². The van der Waals surface area contributed by atoms with Gasteiger partial charge in [-0.3, -0.25) is 9.58 Å². The van der Waals surface area contributed by atoms with Crippen LogP contribution in [0.1, 0.15) is 25.3 Å². The van der Waals surface area contributed by atoms with Gasteiger partial charge < -0.3 is 9.80 Å². The molecule has 1 aliphatic heterocycles. The van der Waals surface area contributed by atoms with E-state index in [4.69, 9.17) is 0 Å². The number of aromatic nitrogens is 4. The van der Waals surface area contributed by atoms with E-state index in [1.807, 2.05) is 29.9 Å². The van der Waals surface area contributed by atoms with E-state index in [9.17, 15) is 0 Å². The quantitative estimate of drug-likeness (QED) is 0.798. The van der Waals surface area contributed by atoms with Crippen molar-refractivity contribution in [2.75, 3.05) is 50.1 Å². The van der Waals surface area contributed by atoms with Gasteiger partial charge in [0.05, 0.1) is 6.20 Å². The fourth-order valence-electron chi connectivity index (χ4n) is 3.21. The number of anilines is 2. The molecule has 25 heavy (non-hydrogen) atoms. The number of nitrogens with zero attached hydrogens (tertiary/aromatic N) is 7. The van der Waals surface area contributed by atoms with Crippen LogP contribution >= 0.6 is 0 Å². The highest BCUT2D eigenvalue weighted by Crippen LogP contribution is 2.18. The summed E-state index contributed by atoms with van der Waals surface area (Å²) < 4.78 is 2.04. The summed E-state index contributed by atoms with van der Waals surface area (Å²) in [4.78, 5) is 15.7. The molecule has 1 aliphatic rings. The molecule has 0 N–H and O–H groups in total. The van der Waals surface area contributed by atoms with Crippen molar-refractivity contribution in [2.45, 2.75) is 32.9 Å². The summed E-state index contributed by atoms with van der Waals surface area (Å²) in [5, 5.41) is 4.44. The van der Waals surface area contributed by atoms with Crippen LogP contribution in [-0.4, -0.2) is 64.9 Å². The van der Waals surface area contributed by atoms with Gasteiger partial charge in [0.25, 0.3) is 0 Å². The van der Waals surface area contributed by atoms with Gasteiger partial charge in [0, 0.05) is 71.2 Å². The van der Waals surface area contributed by atoms with Crippen LogP contribution in [0.4, 0.5) is 11.6 Å². The van der Waals surface area contributed by atoms with E-state index < -0.39 is 0 Å². The van der Waals surface area contributed by atoms with Crippen molar-refractivity contribution in [1.29, 1.82) is 0 Å². The van der Waals surface area contributed by atoms with Crippen LogP contribution in [0.2, 0.25) is 0 Å². The molecule has 0 spiro atoms. The minimum Gasteiger partial charge on any atom is -0.363 e. The molecule has 1 fully saturated rings. The van der Waals surface area contributed by atoms with Crippen molar-refractivity contribution >= 4 is 11.6 Å². The van der Waals surface area contributed by atoms with Crippen molar-refractivity contribution in [2.24, 2.45) is 0 Å². The van der Waals surface area contributed by atoms with Crippen LogP contribution in [-0.2, 0) is 13.1 Å². The number of aryl methyl sites for hydroxylation is 1. The Balaban J connectivity index is 1.59. The molecular weight excluding hydrogens is 314 g/mol. The lowest BCUT2D eigenvalue weighted by atomic mass is 10.3. The zero-order valence-corrected chi connectivity index (χ0v) is 15.6. The number of hydrogen-bond acceptors (Lipinski definition) is 6. The molecule has 0 amide bonds. The Morgan fingerprint density at radius 1 is 1.12 bits per heavy atom. The Bertz CT molecular complexity index is 667. The standard InChI is InChI=1S/C18H29N7/c1-4-6-25-14-16(12-21-25)13-23-7-5-8-24(10-9-23)18-11-17(22(2)3)19-15-20-18/h11-12,14-15H,4-10,13H2,1-3H3. The summed E-state index contributed by atoms with van der Waals surface area (Å²) in [6.45, 7) is 8.34. The van der Waals surface area contributed by atoms with E-state index in [1.165, 1.54) is 5.56 Å². The fourth-order valence-corrected chi connectivity index (χ4v) is 3.21. The average molecular weight is 343 g/mol. The summed E-state index contributed by atoms with van der Waals surface area (Å²) in [6, 6.07) is 2.07. The Kier molecular flexibility index (Phi) is 5.86. The molecule has 0 radical (unpaired) electrons. The topological polar surface area (TPSA) is 53.3 Å². The SMILES string of the molecule is CCCn1cc(CN2CCCN(c3cc(N(C)C)ncn3)CC2)cn1. The Morgan fingerprint density at radius 3 is 2.80 bits per heavy atom. The van der Waals surface area contributed by atoms with Gasteiger partial charge in [-0.25, -0.2) is 9.97 Å². The monoisotopic (exact) mass is 343 g/mol. The second-order valence-corrected chi connectivity index (χ2v) is 6.86. The molecule has 3 rings (SSSR count). The van der Waals surface area contributed by atoms with E-state index in [0.717, 1.165) is 63.7 Å². The second kappa shape index (κ2) is 8.29. The maximum atomic E-state index is 4.48. The first-order chi connectivity index (χ1) is 12.2. The van der Waals surface area contributed by atoms with E-state index >= 15 is 0 Å². The largest absolute Gasteiger partial charge is 0.363 e. The van der Waals surface area contributed by atoms with Crippen molar-refractivity contribution in [3.05, 3.63) is 30.4 Å². The molecule has 2 aromatic rings. The smallest absolute Gasteiger partial charge is 0.134 e. The highest BCUT2D eigenvalue weighted by Gasteiger charge is 2.17. The predicted octanol–water partition coefficient (Wildman–Crippen LogP) is 1.86. The van der Waals surface area contributed by atoms with Crippen LogP contribution in [0.3, 0.4) is 0 Å². The van der Waals surface area contributed by atoms with Crippen molar-refractivity contribution < 1.29 is 0 Å². The fraction of sp³-hybridized carbons (Fsp3) is 0.611. The van der Waals surface area contributed by atoms with Gasteiger partial charge >= 0.3 is 0 Å². The van der Waals surface area contributed by atoms with Crippen LogP contribution in [0.25, 0.3) is 0 Å². The molecule has 1 saturated heterocycles. The molecule has 0 bridgehead atoms. The van der Waals surface area contributed by atoms with Crippen molar-refractivity contribution in [1.82, 2.24) is 24.6 Å². The predicted molar refractivity (Wildman–Crippen MR) is 101 cm³/mol. The van der Waals surface area contributed by atoms with Gasteiger partial charge in [-0.1, -0.05) is 6.92 Å². The first-order valence-electron chi connectivity index (χ1n) is 9.13. The molecule has 7 nitrogen and oxygen atoms in total. The minimum absolute atomic E-state index is 0.953. The first kappa shape index (κ1) is 17.7. The summed E-state index contributed by atoms with van der Waals surface area (Å²) in [5.41, 5.74) is 1.30. The van der Waals surface area contributed by atoms with E-state index in [0.29, 0.717) is 0 Å². The third kappa shape index (κ3) is 4.69. The third-order valence-corrected chi connectivity index (χ3v) is 4.55. The minimum atomic E-state index is 0.953. The number of hydrogen-bond donors (Lipinski definition) is 0. The summed E-state index contributed by atoms with van der Waals surface area (Å²) in [5.74, 6) is 1.98. The van der Waals surface area contributed by atoms with Crippen molar-refractivity contribution in [3.63, 3.8) is 0 Å². The molecular formula is C18H29N7. The molecule has 0 aliphatic carbocycles.